The highest BCUT2D eigenvalue weighted by Crippen LogP contribution is 2.40. The highest BCUT2D eigenvalue weighted by Gasteiger charge is 2.22. The van der Waals surface area contributed by atoms with Crippen LogP contribution in [0.5, 0.6) is 17.2 Å². The van der Waals surface area contributed by atoms with Crippen LogP contribution in [0.3, 0.4) is 0 Å². The van der Waals surface area contributed by atoms with Crippen molar-refractivity contribution in [3.05, 3.63) is 23.8 Å². The van der Waals surface area contributed by atoms with Gasteiger partial charge in [0.15, 0.2) is 17.6 Å². The number of methoxy groups -OCH3 is 1. The van der Waals surface area contributed by atoms with Gasteiger partial charge in [-0.25, -0.2) is 4.79 Å². The van der Waals surface area contributed by atoms with Crippen molar-refractivity contribution < 1.29 is 28.5 Å². The van der Waals surface area contributed by atoms with Crippen LogP contribution in [0.1, 0.15) is 38.2 Å². The van der Waals surface area contributed by atoms with Gasteiger partial charge < -0.3 is 24.3 Å². The number of hydrogen-bond acceptors (Lipinski definition) is 6. The number of nitrogens with one attached hydrogen (secondary N) is 1. The Hall–Kier alpha value is -2.70. The quantitative estimate of drug-likeness (QED) is 0.608. The van der Waals surface area contributed by atoms with E-state index in [2.05, 4.69) is 5.32 Å². The fourth-order valence-corrected chi connectivity index (χ4v) is 3.21. The molecule has 0 spiro atoms. The Kier molecular flexibility index (Phi) is 6.21. The number of ether oxygens (including phenoxy) is 4. The molecule has 1 amide bonds. The molecule has 0 saturated heterocycles. The molecular formula is C20H25NO6. The molecule has 0 aromatic heterocycles. The number of benzene rings is 1. The number of rotatable bonds is 6. The molecule has 7 nitrogen and oxygen atoms in total. The average Bonchev–Trinajstić information content (AvgIpc) is 3.18. The SMILES string of the molecule is COc1cc(/C=C/C(=O)O[C@H](C)C(=O)NC2CCCC2)cc2c1OCCO2. The maximum atomic E-state index is 12.1. The molecule has 1 heterocycles. The Morgan fingerprint density at radius 1 is 1.22 bits per heavy atom. The summed E-state index contributed by atoms with van der Waals surface area (Å²) in [5.74, 6) is 0.811. The fraction of sp³-hybridized carbons (Fsp3) is 0.500. The van der Waals surface area contributed by atoms with E-state index < -0.39 is 12.1 Å². The second kappa shape index (κ2) is 8.79. The van der Waals surface area contributed by atoms with Crippen LogP contribution in [0, 0.1) is 0 Å². The van der Waals surface area contributed by atoms with Crippen molar-refractivity contribution in [2.45, 2.75) is 44.8 Å². The van der Waals surface area contributed by atoms with Gasteiger partial charge in [0.25, 0.3) is 5.91 Å². The van der Waals surface area contributed by atoms with E-state index in [0.29, 0.717) is 36.0 Å². The molecular weight excluding hydrogens is 350 g/mol. The first-order valence-electron chi connectivity index (χ1n) is 9.23. The third-order valence-corrected chi connectivity index (χ3v) is 4.63. The molecule has 146 valence electrons. The first kappa shape index (κ1) is 19.1. The van der Waals surface area contributed by atoms with Crippen LogP contribution in [0.4, 0.5) is 0 Å². The predicted octanol–water partition coefficient (Wildman–Crippen LogP) is 2.47. The number of esters is 1. The first-order valence-corrected chi connectivity index (χ1v) is 9.23. The normalized spacial score (nSPS) is 17.6. The Labute approximate surface area is 158 Å². The predicted molar refractivity (Wildman–Crippen MR) is 99.0 cm³/mol. The summed E-state index contributed by atoms with van der Waals surface area (Å²) < 4.78 is 21.6. The molecule has 2 aliphatic rings. The molecule has 3 rings (SSSR count). The molecule has 0 bridgehead atoms. The molecule has 1 atom stereocenters. The summed E-state index contributed by atoms with van der Waals surface area (Å²) in [5, 5.41) is 2.92. The first-order chi connectivity index (χ1) is 13.1. The maximum Gasteiger partial charge on any atom is 0.331 e. The van der Waals surface area contributed by atoms with Crippen molar-refractivity contribution in [1.82, 2.24) is 5.32 Å². The van der Waals surface area contributed by atoms with Crippen molar-refractivity contribution in [1.29, 1.82) is 0 Å². The summed E-state index contributed by atoms with van der Waals surface area (Å²) in [4.78, 5) is 24.1. The number of fused-ring (bicyclic) bond motifs is 1. The maximum absolute atomic E-state index is 12.1. The minimum atomic E-state index is -0.836. The van der Waals surface area contributed by atoms with Gasteiger partial charge in [-0.15, -0.1) is 0 Å². The molecule has 1 N–H and O–H groups in total. The zero-order chi connectivity index (χ0) is 19.2. The van der Waals surface area contributed by atoms with E-state index in [0.717, 1.165) is 25.7 Å². The standard InChI is InChI=1S/C20H25NO6/c1-13(20(23)21-15-5-3-4-6-15)27-18(22)8-7-14-11-16(24-2)19-17(12-14)25-9-10-26-19/h7-8,11-13,15H,3-6,9-10H2,1-2H3,(H,21,23)/b8-7+/t13-/m1/s1. The second-order valence-electron chi connectivity index (χ2n) is 6.65. The van der Waals surface area contributed by atoms with Gasteiger partial charge in [0.05, 0.1) is 7.11 Å². The smallest absolute Gasteiger partial charge is 0.331 e. The lowest BCUT2D eigenvalue weighted by atomic mass is 10.1. The molecule has 0 unspecified atom stereocenters. The molecule has 1 aliphatic carbocycles. The molecule has 1 aliphatic heterocycles. The Morgan fingerprint density at radius 2 is 1.96 bits per heavy atom. The van der Waals surface area contributed by atoms with E-state index in [1.165, 1.54) is 6.08 Å². The van der Waals surface area contributed by atoms with Gasteiger partial charge in [0, 0.05) is 12.1 Å². The zero-order valence-electron chi connectivity index (χ0n) is 15.7. The second-order valence-corrected chi connectivity index (χ2v) is 6.65. The average molecular weight is 375 g/mol. The van der Waals surface area contributed by atoms with Gasteiger partial charge >= 0.3 is 5.97 Å². The molecule has 27 heavy (non-hydrogen) atoms. The summed E-state index contributed by atoms with van der Waals surface area (Å²) in [5.41, 5.74) is 0.705. The highest BCUT2D eigenvalue weighted by molar-refractivity contribution is 5.90. The lowest BCUT2D eigenvalue weighted by Gasteiger charge is -2.21. The van der Waals surface area contributed by atoms with Crippen molar-refractivity contribution in [2.24, 2.45) is 0 Å². The van der Waals surface area contributed by atoms with Crippen molar-refractivity contribution in [3.8, 4) is 17.2 Å². The number of carbonyl (C=O) groups is 2. The van der Waals surface area contributed by atoms with E-state index in [9.17, 15) is 9.59 Å². The molecule has 0 radical (unpaired) electrons. The van der Waals surface area contributed by atoms with Crippen LogP contribution in [-0.2, 0) is 14.3 Å². The third kappa shape index (κ3) is 4.93. The monoisotopic (exact) mass is 375 g/mol. The summed E-state index contributed by atoms with van der Waals surface area (Å²) in [7, 11) is 1.54. The van der Waals surface area contributed by atoms with Crippen molar-refractivity contribution in [2.75, 3.05) is 20.3 Å². The van der Waals surface area contributed by atoms with E-state index in [1.807, 2.05) is 0 Å². The van der Waals surface area contributed by atoms with Gasteiger partial charge in [0.2, 0.25) is 5.75 Å². The fourth-order valence-electron chi connectivity index (χ4n) is 3.21. The summed E-state index contributed by atoms with van der Waals surface area (Å²) in [6.07, 6.45) is 6.25. The summed E-state index contributed by atoms with van der Waals surface area (Å²) >= 11 is 0. The number of hydrogen-bond donors (Lipinski definition) is 1. The number of carbonyl (C=O) groups excluding carboxylic acids is 2. The zero-order valence-corrected chi connectivity index (χ0v) is 15.7. The minimum absolute atomic E-state index is 0.194. The molecule has 1 fully saturated rings. The van der Waals surface area contributed by atoms with Crippen molar-refractivity contribution in [3.63, 3.8) is 0 Å². The van der Waals surface area contributed by atoms with Gasteiger partial charge in [-0.1, -0.05) is 12.8 Å². The van der Waals surface area contributed by atoms with Crippen LogP contribution >= 0.6 is 0 Å². The minimum Gasteiger partial charge on any atom is -0.493 e. The molecule has 1 saturated carbocycles. The van der Waals surface area contributed by atoms with Gasteiger partial charge in [-0.2, -0.15) is 0 Å². The van der Waals surface area contributed by atoms with Crippen LogP contribution in [0.25, 0.3) is 6.08 Å². The van der Waals surface area contributed by atoms with E-state index in [4.69, 9.17) is 18.9 Å². The van der Waals surface area contributed by atoms with Crippen LogP contribution in [-0.4, -0.2) is 44.3 Å². The van der Waals surface area contributed by atoms with Gasteiger partial charge in [-0.05, 0) is 43.5 Å². The molecule has 7 heteroatoms. The topological polar surface area (TPSA) is 83.1 Å². The Bertz CT molecular complexity index is 706. The highest BCUT2D eigenvalue weighted by atomic mass is 16.6. The lowest BCUT2D eigenvalue weighted by Crippen LogP contribution is -2.40. The lowest BCUT2D eigenvalue weighted by molar-refractivity contribution is -0.150. The third-order valence-electron chi connectivity index (χ3n) is 4.63. The van der Waals surface area contributed by atoms with Crippen LogP contribution in [0.2, 0.25) is 0 Å². The van der Waals surface area contributed by atoms with E-state index in [-0.39, 0.29) is 11.9 Å². The van der Waals surface area contributed by atoms with Gasteiger partial charge in [-0.3, -0.25) is 4.79 Å². The van der Waals surface area contributed by atoms with Crippen molar-refractivity contribution >= 4 is 18.0 Å². The van der Waals surface area contributed by atoms with Gasteiger partial charge in [0.1, 0.15) is 13.2 Å². The summed E-state index contributed by atoms with van der Waals surface area (Å²) in [6, 6.07) is 3.70. The largest absolute Gasteiger partial charge is 0.493 e. The Balaban J connectivity index is 1.58. The molecule has 1 aromatic rings. The summed E-state index contributed by atoms with van der Waals surface area (Å²) in [6.45, 7) is 2.49. The molecule has 1 aromatic carbocycles. The van der Waals surface area contributed by atoms with E-state index >= 15 is 0 Å². The number of amides is 1. The van der Waals surface area contributed by atoms with E-state index in [1.54, 1.807) is 32.2 Å². The van der Waals surface area contributed by atoms with Crippen LogP contribution < -0.4 is 19.5 Å². The Morgan fingerprint density at radius 3 is 2.70 bits per heavy atom. The van der Waals surface area contributed by atoms with Crippen LogP contribution in [0.15, 0.2) is 18.2 Å².